The molecule has 0 unspecified atom stereocenters. The molecule has 1 aliphatic heterocycles. The van der Waals surface area contributed by atoms with E-state index in [2.05, 4.69) is 9.79 Å². The molecule has 1 fully saturated rings. The second kappa shape index (κ2) is 7.52. The van der Waals surface area contributed by atoms with Gasteiger partial charge in [-0.2, -0.15) is 0 Å². The molecular formula is C15H24N2O4S. The third kappa shape index (κ3) is 4.50. The van der Waals surface area contributed by atoms with Crippen molar-refractivity contribution < 1.29 is 18.0 Å². The Bertz CT molecular complexity index is 587. The predicted octanol–water partition coefficient (Wildman–Crippen LogP) is 1.15. The molecular weight excluding hydrogens is 304 g/mol. The molecule has 1 heterocycles. The normalized spacial score (nSPS) is 16.9. The van der Waals surface area contributed by atoms with Gasteiger partial charge in [0.15, 0.2) is 0 Å². The van der Waals surface area contributed by atoms with E-state index < -0.39 is 10.0 Å². The summed E-state index contributed by atoms with van der Waals surface area (Å²) >= 11 is 0. The molecule has 0 aliphatic carbocycles. The molecule has 1 aromatic rings. The summed E-state index contributed by atoms with van der Waals surface area (Å²) in [5.74, 6) is 0. The van der Waals surface area contributed by atoms with Gasteiger partial charge >= 0.3 is 0 Å². The van der Waals surface area contributed by atoms with Gasteiger partial charge in [0.25, 0.3) is 10.0 Å². The van der Waals surface area contributed by atoms with E-state index in [1.165, 1.54) is 0 Å². The summed E-state index contributed by atoms with van der Waals surface area (Å²) in [4.78, 5) is 9.88. The summed E-state index contributed by atoms with van der Waals surface area (Å²) in [5.41, 5.74) is 2.49. The molecule has 0 amide bonds. The molecule has 7 heteroatoms. The third-order valence-corrected chi connectivity index (χ3v) is 5.17. The van der Waals surface area contributed by atoms with E-state index in [4.69, 9.17) is 9.57 Å². The van der Waals surface area contributed by atoms with Gasteiger partial charge in [0.1, 0.15) is 0 Å². The van der Waals surface area contributed by atoms with E-state index in [1.807, 2.05) is 19.1 Å². The zero-order valence-electron chi connectivity index (χ0n) is 13.4. The molecule has 0 saturated carbocycles. The van der Waals surface area contributed by atoms with E-state index in [0.29, 0.717) is 31.3 Å². The Morgan fingerprint density at radius 3 is 2.36 bits per heavy atom. The second-order valence-electron chi connectivity index (χ2n) is 5.62. The number of sulfonamides is 1. The lowest BCUT2D eigenvalue weighted by atomic mass is 10.1. The molecule has 1 aliphatic rings. The zero-order chi connectivity index (χ0) is 16.2. The van der Waals surface area contributed by atoms with Crippen LogP contribution in [0, 0.1) is 20.8 Å². The minimum absolute atomic E-state index is 0.296. The lowest BCUT2D eigenvalue weighted by Gasteiger charge is -2.26. The predicted molar refractivity (Wildman–Crippen MR) is 84.2 cm³/mol. The van der Waals surface area contributed by atoms with Gasteiger partial charge in [-0.15, -0.1) is 0 Å². The third-order valence-electron chi connectivity index (χ3n) is 3.66. The van der Waals surface area contributed by atoms with Crippen molar-refractivity contribution >= 4 is 10.0 Å². The number of hydrogen-bond acceptors (Lipinski definition) is 5. The first kappa shape index (κ1) is 17.4. The lowest BCUT2D eigenvalue weighted by molar-refractivity contribution is 0.0125. The lowest BCUT2D eigenvalue weighted by Crippen LogP contribution is -2.39. The van der Waals surface area contributed by atoms with Crippen LogP contribution in [0.2, 0.25) is 0 Å². The van der Waals surface area contributed by atoms with Crippen LogP contribution < -0.4 is 4.89 Å². The highest BCUT2D eigenvalue weighted by atomic mass is 32.2. The number of morpholine rings is 1. The first-order valence-corrected chi connectivity index (χ1v) is 8.90. The van der Waals surface area contributed by atoms with E-state index in [9.17, 15) is 8.42 Å². The first-order chi connectivity index (χ1) is 10.4. The molecule has 22 heavy (non-hydrogen) atoms. The van der Waals surface area contributed by atoms with Crippen LogP contribution in [-0.2, 0) is 19.6 Å². The van der Waals surface area contributed by atoms with Gasteiger partial charge in [0.05, 0.1) is 24.7 Å². The molecule has 0 bridgehead atoms. The number of nitrogens with zero attached hydrogens (tertiary/aromatic N) is 1. The maximum Gasteiger partial charge on any atom is 0.262 e. The summed E-state index contributed by atoms with van der Waals surface area (Å²) in [6.45, 7) is 9.66. The molecule has 0 radical (unpaired) electrons. The highest BCUT2D eigenvalue weighted by Gasteiger charge is 2.20. The Morgan fingerprint density at radius 2 is 1.77 bits per heavy atom. The zero-order valence-corrected chi connectivity index (χ0v) is 14.2. The number of benzene rings is 1. The second-order valence-corrected chi connectivity index (χ2v) is 7.20. The quantitative estimate of drug-likeness (QED) is 0.627. The first-order valence-electron chi connectivity index (χ1n) is 7.42. The van der Waals surface area contributed by atoms with E-state index >= 15 is 0 Å². The van der Waals surface area contributed by atoms with E-state index in [-0.39, 0.29) is 0 Å². The molecule has 0 spiro atoms. The van der Waals surface area contributed by atoms with Gasteiger partial charge in [-0.3, -0.25) is 9.74 Å². The van der Waals surface area contributed by atoms with Crippen molar-refractivity contribution in [2.45, 2.75) is 25.7 Å². The average Bonchev–Trinajstić information content (AvgIpc) is 2.43. The van der Waals surface area contributed by atoms with E-state index in [1.54, 1.807) is 13.8 Å². The van der Waals surface area contributed by atoms with Crippen LogP contribution in [0.3, 0.4) is 0 Å². The molecule has 1 aromatic carbocycles. The standard InChI is InChI=1S/C15H24N2O4S/c1-12-10-13(2)15(14(3)11-12)22(18,19)16-21-9-6-17-4-7-20-8-5-17/h10-11,16H,4-9H2,1-3H3. The Labute approximate surface area is 132 Å². The number of ether oxygens (including phenoxy) is 1. The van der Waals surface area contributed by atoms with Crippen LogP contribution in [-0.4, -0.2) is 52.8 Å². The van der Waals surface area contributed by atoms with Gasteiger partial charge in [-0.25, -0.2) is 8.42 Å². The minimum atomic E-state index is -3.66. The van der Waals surface area contributed by atoms with Gasteiger partial charge in [-0.1, -0.05) is 22.6 Å². The van der Waals surface area contributed by atoms with Crippen molar-refractivity contribution in [2.24, 2.45) is 0 Å². The Hall–Kier alpha value is -0.990. The van der Waals surface area contributed by atoms with Crippen molar-refractivity contribution in [3.05, 3.63) is 28.8 Å². The fourth-order valence-corrected chi connectivity index (χ4v) is 4.04. The smallest absolute Gasteiger partial charge is 0.262 e. The highest BCUT2D eigenvalue weighted by Crippen LogP contribution is 2.21. The molecule has 1 N–H and O–H groups in total. The topological polar surface area (TPSA) is 67.9 Å². The molecule has 0 aromatic heterocycles. The van der Waals surface area contributed by atoms with Crippen molar-refractivity contribution in [3.63, 3.8) is 0 Å². The van der Waals surface area contributed by atoms with Gasteiger partial charge in [-0.05, 0) is 31.9 Å². The molecule has 124 valence electrons. The fraction of sp³-hybridized carbons (Fsp3) is 0.600. The van der Waals surface area contributed by atoms with Crippen molar-refractivity contribution in [1.82, 2.24) is 9.79 Å². The highest BCUT2D eigenvalue weighted by molar-refractivity contribution is 7.89. The Morgan fingerprint density at radius 1 is 1.18 bits per heavy atom. The van der Waals surface area contributed by atoms with Crippen molar-refractivity contribution in [3.8, 4) is 0 Å². The van der Waals surface area contributed by atoms with Gasteiger partial charge in [0, 0.05) is 19.6 Å². The largest absolute Gasteiger partial charge is 0.379 e. The maximum absolute atomic E-state index is 12.4. The summed E-state index contributed by atoms with van der Waals surface area (Å²) in [5, 5.41) is 0. The molecule has 2 rings (SSSR count). The van der Waals surface area contributed by atoms with Crippen LogP contribution in [0.1, 0.15) is 16.7 Å². The Balaban J connectivity index is 1.91. The van der Waals surface area contributed by atoms with Crippen molar-refractivity contribution in [1.29, 1.82) is 0 Å². The number of rotatable bonds is 6. The SMILES string of the molecule is Cc1cc(C)c(S(=O)(=O)NOCCN2CCOCC2)c(C)c1. The van der Waals surface area contributed by atoms with E-state index in [0.717, 1.165) is 29.8 Å². The molecule has 0 atom stereocenters. The maximum atomic E-state index is 12.4. The van der Waals surface area contributed by atoms with Gasteiger partial charge < -0.3 is 4.74 Å². The number of aryl methyl sites for hydroxylation is 3. The molecule has 6 nitrogen and oxygen atoms in total. The van der Waals surface area contributed by atoms with Crippen LogP contribution >= 0.6 is 0 Å². The van der Waals surface area contributed by atoms with Crippen LogP contribution in [0.25, 0.3) is 0 Å². The summed E-state index contributed by atoms with van der Waals surface area (Å²) in [7, 11) is -3.66. The van der Waals surface area contributed by atoms with Gasteiger partial charge in [0.2, 0.25) is 0 Å². The monoisotopic (exact) mass is 328 g/mol. The van der Waals surface area contributed by atoms with Crippen LogP contribution in [0.4, 0.5) is 0 Å². The van der Waals surface area contributed by atoms with Crippen LogP contribution in [0.15, 0.2) is 17.0 Å². The van der Waals surface area contributed by atoms with Crippen molar-refractivity contribution in [2.75, 3.05) is 39.5 Å². The average molecular weight is 328 g/mol. The summed E-state index contributed by atoms with van der Waals surface area (Å²) in [6.07, 6.45) is 0. The van der Waals surface area contributed by atoms with Crippen LogP contribution in [0.5, 0.6) is 0 Å². The number of hydrogen-bond donors (Lipinski definition) is 1. The number of nitrogens with one attached hydrogen (secondary N) is 1. The summed E-state index contributed by atoms with van der Waals surface area (Å²) in [6, 6.07) is 3.71. The molecule has 1 saturated heterocycles. The summed E-state index contributed by atoms with van der Waals surface area (Å²) < 4.78 is 30.0. The minimum Gasteiger partial charge on any atom is -0.379 e. The fourth-order valence-electron chi connectivity index (χ4n) is 2.75. The Kier molecular flexibility index (Phi) is 5.94.